The summed E-state index contributed by atoms with van der Waals surface area (Å²) in [7, 11) is 0. The molecule has 0 aliphatic carbocycles. The van der Waals surface area contributed by atoms with Gasteiger partial charge in [0.25, 0.3) is 0 Å². The molecule has 0 radical (unpaired) electrons. The van der Waals surface area contributed by atoms with Gasteiger partial charge in [0.15, 0.2) is 0 Å². The molecule has 0 bridgehead atoms. The van der Waals surface area contributed by atoms with Crippen LogP contribution in [0.1, 0.15) is 27.7 Å². The Kier molecular flexibility index (Phi) is 26.6. The van der Waals surface area contributed by atoms with E-state index < -0.39 is 0 Å². The zero-order valence-electron chi connectivity index (χ0n) is 8.37. The van der Waals surface area contributed by atoms with E-state index in [4.69, 9.17) is 13.5 Å². The Morgan fingerprint density at radius 1 is 0.917 bits per heavy atom. The Balaban J connectivity index is -0.000000112. The fraction of sp³-hybridized carbons (Fsp3) is 1.00. The first-order chi connectivity index (χ1) is 5.54. The molecule has 0 saturated carbocycles. The van der Waals surface area contributed by atoms with Gasteiger partial charge in [-0.05, 0) is 11.8 Å². The van der Waals surface area contributed by atoms with Crippen LogP contribution in [0.5, 0.6) is 0 Å². The van der Waals surface area contributed by atoms with Crippen LogP contribution in [0.3, 0.4) is 0 Å². The number of aliphatic hydroxyl groups excluding tert-OH is 2. The van der Waals surface area contributed by atoms with Gasteiger partial charge in [0.05, 0.1) is 0 Å². The van der Waals surface area contributed by atoms with Gasteiger partial charge in [0, 0.05) is 13.2 Å². The monoisotopic (exact) mass is 212 g/mol. The molecular weight excluding hydrogens is 192 g/mol. The van der Waals surface area contributed by atoms with Crippen molar-refractivity contribution in [3.05, 3.63) is 0 Å². The van der Waals surface area contributed by atoms with Crippen LogP contribution in [0.2, 0.25) is 0 Å². The molecular formula is C8H20O3Ti. The van der Waals surface area contributed by atoms with Gasteiger partial charge >= 0.3 is 23.7 Å². The van der Waals surface area contributed by atoms with Crippen LogP contribution in [0.4, 0.5) is 0 Å². The molecule has 2 N–H and O–H groups in total. The zero-order chi connectivity index (χ0) is 10.6. The van der Waals surface area contributed by atoms with Gasteiger partial charge in [-0.25, -0.2) is 0 Å². The molecule has 0 rings (SSSR count). The molecule has 3 nitrogen and oxygen atoms in total. The van der Waals surface area contributed by atoms with E-state index in [1.165, 1.54) is 0 Å². The van der Waals surface area contributed by atoms with Crippen molar-refractivity contribution in [2.45, 2.75) is 27.7 Å². The number of rotatable bonds is 2. The average Bonchev–Trinajstić information content (AvgIpc) is 2.09. The van der Waals surface area contributed by atoms with Crippen molar-refractivity contribution < 1.29 is 33.9 Å². The quantitative estimate of drug-likeness (QED) is 0.675. The van der Waals surface area contributed by atoms with Crippen molar-refractivity contribution >= 4 is 0 Å². The first-order valence-corrected chi connectivity index (χ1v) is 4.60. The molecule has 74 valence electrons. The molecule has 0 spiro atoms. The minimum absolute atomic E-state index is 0.306. The topological polar surface area (TPSA) is 57.5 Å². The van der Waals surface area contributed by atoms with Crippen molar-refractivity contribution in [2.24, 2.45) is 11.8 Å². The predicted octanol–water partition coefficient (Wildman–Crippen LogP) is 1.15. The van der Waals surface area contributed by atoms with Gasteiger partial charge in [-0.3, -0.25) is 0 Å². The van der Waals surface area contributed by atoms with Gasteiger partial charge in [-0.1, -0.05) is 27.7 Å². The van der Waals surface area contributed by atoms with Crippen LogP contribution in [-0.4, -0.2) is 23.4 Å². The number of aliphatic hydroxyl groups is 2. The second-order valence-electron chi connectivity index (χ2n) is 3.15. The Hall–Kier alpha value is 0.434. The van der Waals surface area contributed by atoms with E-state index in [9.17, 15) is 0 Å². The van der Waals surface area contributed by atoms with E-state index in [2.05, 4.69) is 0 Å². The van der Waals surface area contributed by atoms with Crippen molar-refractivity contribution in [1.29, 1.82) is 0 Å². The van der Waals surface area contributed by atoms with Crippen molar-refractivity contribution in [1.82, 2.24) is 0 Å². The molecule has 4 heteroatoms. The fourth-order valence-corrected chi connectivity index (χ4v) is 0. The van der Waals surface area contributed by atoms with E-state index in [1.54, 1.807) is 0 Å². The standard InChI is InChI=1S/2C4H10O.O.Ti/c2*1-4(2)3-5;;/h2*4-5H,3H2,1-2H3;;. The van der Waals surface area contributed by atoms with Crippen LogP contribution in [0.15, 0.2) is 0 Å². The predicted molar refractivity (Wildman–Crippen MR) is 44.5 cm³/mol. The Morgan fingerprint density at radius 3 is 1.00 bits per heavy atom. The summed E-state index contributed by atoms with van der Waals surface area (Å²) in [6.45, 7) is 8.50. The molecule has 0 aliphatic heterocycles. The summed E-state index contributed by atoms with van der Waals surface area (Å²) in [6.07, 6.45) is 0. The Labute approximate surface area is 86.9 Å². The summed E-state index contributed by atoms with van der Waals surface area (Å²) in [4.78, 5) is 0. The third-order valence-electron chi connectivity index (χ3n) is 0.730. The van der Waals surface area contributed by atoms with Crippen LogP contribution in [0, 0.1) is 11.8 Å². The molecule has 0 aromatic heterocycles. The molecule has 0 fully saturated rings. The Bertz CT molecular complexity index is 59.3. The van der Waals surface area contributed by atoms with Crippen LogP contribution in [-0.2, 0) is 23.7 Å². The fourth-order valence-electron chi connectivity index (χ4n) is 0. The van der Waals surface area contributed by atoms with E-state index in [0.717, 1.165) is 20.4 Å². The third-order valence-corrected chi connectivity index (χ3v) is 0.730. The van der Waals surface area contributed by atoms with Gasteiger partial charge in [0.1, 0.15) is 0 Å². The summed E-state index contributed by atoms with van der Waals surface area (Å²) in [5, 5.41) is 16.3. The van der Waals surface area contributed by atoms with Crippen molar-refractivity contribution in [3.8, 4) is 0 Å². The maximum absolute atomic E-state index is 8.25. The SMILES string of the molecule is CC(C)CO.CC(C)CO.[O]=[Ti]. The third kappa shape index (κ3) is 47.2. The average molecular weight is 212 g/mol. The summed E-state index contributed by atoms with van der Waals surface area (Å²) in [6, 6.07) is 0. The molecule has 0 saturated heterocycles. The van der Waals surface area contributed by atoms with Crippen LogP contribution < -0.4 is 0 Å². The molecule has 12 heavy (non-hydrogen) atoms. The first-order valence-electron chi connectivity index (χ1n) is 3.96. The normalized spacial score (nSPS) is 8.25. The summed E-state index contributed by atoms with van der Waals surface area (Å²) in [5.74, 6) is 0.880. The van der Waals surface area contributed by atoms with Gasteiger partial charge in [-0.15, -0.1) is 0 Å². The molecule has 0 amide bonds. The second-order valence-corrected chi connectivity index (χ2v) is 3.15. The van der Waals surface area contributed by atoms with E-state index in [0.29, 0.717) is 25.0 Å². The van der Waals surface area contributed by atoms with Crippen LogP contribution in [0.25, 0.3) is 0 Å². The minimum atomic E-state index is 0.306. The summed E-state index contributed by atoms with van der Waals surface area (Å²) < 4.78 is 8.25. The molecule has 0 aromatic rings. The van der Waals surface area contributed by atoms with Crippen molar-refractivity contribution in [3.63, 3.8) is 0 Å². The van der Waals surface area contributed by atoms with E-state index >= 15 is 0 Å². The molecule has 0 atom stereocenters. The molecule has 0 aliphatic rings. The van der Waals surface area contributed by atoms with Crippen molar-refractivity contribution in [2.75, 3.05) is 13.2 Å². The number of hydrogen-bond donors (Lipinski definition) is 2. The molecule has 0 aromatic carbocycles. The van der Waals surface area contributed by atoms with Gasteiger partial charge in [0.2, 0.25) is 0 Å². The molecule has 0 heterocycles. The van der Waals surface area contributed by atoms with E-state index in [1.807, 2.05) is 27.7 Å². The summed E-state index contributed by atoms with van der Waals surface area (Å²) in [5.41, 5.74) is 0. The van der Waals surface area contributed by atoms with E-state index in [-0.39, 0.29) is 0 Å². The second kappa shape index (κ2) is 17.5. The molecule has 0 unspecified atom stereocenters. The van der Waals surface area contributed by atoms with Gasteiger partial charge < -0.3 is 10.2 Å². The first kappa shape index (κ1) is 18.3. The number of hydrogen-bond acceptors (Lipinski definition) is 3. The maximum atomic E-state index is 8.25. The van der Waals surface area contributed by atoms with Crippen LogP contribution >= 0.6 is 0 Å². The zero-order valence-corrected chi connectivity index (χ0v) is 9.93. The Morgan fingerprint density at radius 2 is 1.00 bits per heavy atom. The van der Waals surface area contributed by atoms with Gasteiger partial charge in [-0.2, -0.15) is 0 Å². The summed E-state index contributed by atoms with van der Waals surface area (Å²) >= 11 is 0.750.